The fraction of sp³-hybridized carbons (Fsp3) is 0.167. The Balaban J connectivity index is 2.40. The van der Waals surface area contributed by atoms with Crippen molar-refractivity contribution in [1.29, 1.82) is 0 Å². The van der Waals surface area contributed by atoms with Crippen molar-refractivity contribution < 1.29 is 5.11 Å². The Morgan fingerprint density at radius 1 is 1.27 bits per heavy atom. The van der Waals surface area contributed by atoms with Crippen LogP contribution in [-0.2, 0) is 6.42 Å². The summed E-state index contributed by atoms with van der Waals surface area (Å²) in [5, 5.41) is 11.6. The summed E-state index contributed by atoms with van der Waals surface area (Å²) in [4.78, 5) is 1.35. The number of aryl methyl sites for hydroxylation is 1. The van der Waals surface area contributed by atoms with Crippen LogP contribution in [0.5, 0.6) is 5.75 Å². The molecule has 0 saturated heterocycles. The Morgan fingerprint density at radius 3 is 2.67 bits per heavy atom. The van der Waals surface area contributed by atoms with Crippen molar-refractivity contribution in [2.24, 2.45) is 0 Å². The molecule has 1 heterocycles. The highest BCUT2D eigenvalue weighted by atomic mass is 32.1. The molecule has 0 aliphatic carbocycles. The van der Waals surface area contributed by atoms with Crippen LogP contribution in [0.25, 0.3) is 11.1 Å². The fourth-order valence-corrected chi connectivity index (χ4v) is 2.28. The summed E-state index contributed by atoms with van der Waals surface area (Å²) < 4.78 is 0. The molecule has 0 saturated carbocycles. The molecule has 0 aliphatic heterocycles. The Morgan fingerprint density at radius 2 is 2.07 bits per heavy atom. The van der Waals surface area contributed by atoms with Crippen molar-refractivity contribution in [2.75, 3.05) is 5.73 Å². The maximum Gasteiger partial charge on any atom is 0.139 e. The van der Waals surface area contributed by atoms with Crippen LogP contribution in [0.2, 0.25) is 0 Å². The standard InChI is InChI=1S/C12H13NOS/c1-2-10-5-9(7-15-10)8-3-4-11(13)12(14)6-8/h3-7,14H,2,13H2,1H3. The van der Waals surface area contributed by atoms with Crippen LogP contribution in [0.4, 0.5) is 5.69 Å². The SMILES string of the molecule is CCc1cc(-c2ccc(N)c(O)c2)cs1. The molecule has 2 rings (SSSR count). The van der Waals surface area contributed by atoms with E-state index in [9.17, 15) is 5.11 Å². The molecule has 0 radical (unpaired) electrons. The van der Waals surface area contributed by atoms with Crippen LogP contribution in [0.1, 0.15) is 11.8 Å². The summed E-state index contributed by atoms with van der Waals surface area (Å²) in [5.41, 5.74) is 8.13. The second kappa shape index (κ2) is 3.95. The molecule has 2 aromatic rings. The number of phenolic OH excluding ortho intramolecular Hbond substituents is 1. The summed E-state index contributed by atoms with van der Waals surface area (Å²) >= 11 is 1.74. The normalized spacial score (nSPS) is 10.5. The molecule has 0 fully saturated rings. The first-order valence-corrected chi connectivity index (χ1v) is 5.75. The molecule has 3 N–H and O–H groups in total. The van der Waals surface area contributed by atoms with Gasteiger partial charge in [0.05, 0.1) is 5.69 Å². The first-order chi connectivity index (χ1) is 7.20. The summed E-state index contributed by atoms with van der Waals surface area (Å²) in [7, 11) is 0. The van der Waals surface area contributed by atoms with Gasteiger partial charge in [0.2, 0.25) is 0 Å². The predicted octanol–water partition coefficient (Wildman–Crippen LogP) is 3.27. The molecule has 2 nitrogen and oxygen atoms in total. The van der Waals surface area contributed by atoms with Gasteiger partial charge < -0.3 is 10.8 Å². The average molecular weight is 219 g/mol. The zero-order chi connectivity index (χ0) is 10.8. The molecular weight excluding hydrogens is 206 g/mol. The van der Waals surface area contributed by atoms with Gasteiger partial charge in [-0.05, 0) is 41.1 Å². The first-order valence-electron chi connectivity index (χ1n) is 4.87. The molecule has 1 aromatic carbocycles. The lowest BCUT2D eigenvalue weighted by Crippen LogP contribution is -1.85. The number of phenols is 1. The molecular formula is C12H13NOS. The van der Waals surface area contributed by atoms with Crippen LogP contribution in [0.3, 0.4) is 0 Å². The van der Waals surface area contributed by atoms with Gasteiger partial charge in [-0.2, -0.15) is 0 Å². The van der Waals surface area contributed by atoms with Gasteiger partial charge in [0, 0.05) is 4.88 Å². The van der Waals surface area contributed by atoms with Gasteiger partial charge >= 0.3 is 0 Å². The number of hydrogen-bond donors (Lipinski definition) is 2. The zero-order valence-electron chi connectivity index (χ0n) is 8.53. The fourth-order valence-electron chi connectivity index (χ4n) is 1.44. The van der Waals surface area contributed by atoms with Gasteiger partial charge in [-0.25, -0.2) is 0 Å². The van der Waals surface area contributed by atoms with Crippen molar-refractivity contribution >= 4 is 17.0 Å². The predicted molar refractivity (Wildman–Crippen MR) is 65.2 cm³/mol. The summed E-state index contributed by atoms with van der Waals surface area (Å²) in [6.45, 7) is 2.13. The van der Waals surface area contributed by atoms with Gasteiger partial charge in [0.1, 0.15) is 5.75 Å². The highest BCUT2D eigenvalue weighted by Gasteiger charge is 2.04. The number of hydrogen-bond acceptors (Lipinski definition) is 3. The lowest BCUT2D eigenvalue weighted by molar-refractivity contribution is 0.478. The Labute approximate surface area is 93.0 Å². The van der Waals surface area contributed by atoms with Gasteiger partial charge in [-0.15, -0.1) is 11.3 Å². The largest absolute Gasteiger partial charge is 0.506 e. The van der Waals surface area contributed by atoms with Crippen LogP contribution in [0, 0.1) is 0 Å². The van der Waals surface area contributed by atoms with E-state index in [4.69, 9.17) is 5.73 Å². The maximum atomic E-state index is 9.50. The molecule has 0 aliphatic rings. The molecule has 78 valence electrons. The number of nitrogen functional groups attached to an aromatic ring is 1. The molecule has 0 unspecified atom stereocenters. The molecule has 3 heteroatoms. The molecule has 0 atom stereocenters. The lowest BCUT2D eigenvalue weighted by atomic mass is 10.1. The van der Waals surface area contributed by atoms with Crippen LogP contribution in [0.15, 0.2) is 29.6 Å². The Hall–Kier alpha value is -1.48. The van der Waals surface area contributed by atoms with Crippen molar-refractivity contribution in [1.82, 2.24) is 0 Å². The first kappa shape index (κ1) is 10.1. The summed E-state index contributed by atoms with van der Waals surface area (Å²) in [6.07, 6.45) is 1.05. The van der Waals surface area contributed by atoms with Crippen molar-refractivity contribution in [2.45, 2.75) is 13.3 Å². The van der Waals surface area contributed by atoms with Crippen LogP contribution in [-0.4, -0.2) is 5.11 Å². The smallest absolute Gasteiger partial charge is 0.139 e. The van der Waals surface area contributed by atoms with Crippen molar-refractivity contribution in [3.05, 3.63) is 34.5 Å². The van der Waals surface area contributed by atoms with E-state index < -0.39 is 0 Å². The van der Waals surface area contributed by atoms with E-state index in [1.165, 1.54) is 4.88 Å². The minimum absolute atomic E-state index is 0.150. The van der Waals surface area contributed by atoms with Crippen molar-refractivity contribution in [3.63, 3.8) is 0 Å². The monoisotopic (exact) mass is 219 g/mol. The maximum absolute atomic E-state index is 9.50. The minimum atomic E-state index is 0.150. The van der Waals surface area contributed by atoms with E-state index >= 15 is 0 Å². The third kappa shape index (κ3) is 1.97. The number of rotatable bonds is 2. The molecule has 0 bridgehead atoms. The number of thiophene rings is 1. The van der Waals surface area contributed by atoms with E-state index in [1.54, 1.807) is 23.5 Å². The molecule has 15 heavy (non-hydrogen) atoms. The van der Waals surface area contributed by atoms with E-state index in [0.29, 0.717) is 5.69 Å². The Bertz CT molecular complexity index is 476. The molecule has 0 amide bonds. The minimum Gasteiger partial charge on any atom is -0.506 e. The van der Waals surface area contributed by atoms with Crippen LogP contribution < -0.4 is 5.73 Å². The highest BCUT2D eigenvalue weighted by molar-refractivity contribution is 7.10. The van der Waals surface area contributed by atoms with E-state index in [1.807, 2.05) is 6.07 Å². The van der Waals surface area contributed by atoms with E-state index in [2.05, 4.69) is 18.4 Å². The van der Waals surface area contributed by atoms with Gasteiger partial charge in [0.25, 0.3) is 0 Å². The molecule has 1 aromatic heterocycles. The van der Waals surface area contributed by atoms with Crippen molar-refractivity contribution in [3.8, 4) is 16.9 Å². The van der Waals surface area contributed by atoms with E-state index in [0.717, 1.165) is 17.5 Å². The Kier molecular flexibility index (Phi) is 2.64. The zero-order valence-corrected chi connectivity index (χ0v) is 9.34. The third-order valence-electron chi connectivity index (χ3n) is 2.37. The number of nitrogens with two attached hydrogens (primary N) is 1. The number of anilines is 1. The summed E-state index contributed by atoms with van der Waals surface area (Å²) in [6, 6.07) is 7.51. The van der Waals surface area contributed by atoms with Gasteiger partial charge in [-0.1, -0.05) is 13.0 Å². The highest BCUT2D eigenvalue weighted by Crippen LogP contribution is 2.30. The topological polar surface area (TPSA) is 46.2 Å². The second-order valence-corrected chi connectivity index (χ2v) is 4.42. The number of benzene rings is 1. The molecule has 0 spiro atoms. The summed E-state index contributed by atoms with van der Waals surface area (Å²) in [5.74, 6) is 0.150. The second-order valence-electron chi connectivity index (χ2n) is 3.43. The average Bonchev–Trinajstić information content (AvgIpc) is 2.70. The quantitative estimate of drug-likeness (QED) is 0.601. The van der Waals surface area contributed by atoms with Gasteiger partial charge in [-0.3, -0.25) is 0 Å². The lowest BCUT2D eigenvalue weighted by Gasteiger charge is -2.01. The third-order valence-corrected chi connectivity index (χ3v) is 3.45. The van der Waals surface area contributed by atoms with E-state index in [-0.39, 0.29) is 5.75 Å². The van der Waals surface area contributed by atoms with Gasteiger partial charge in [0.15, 0.2) is 0 Å². The van der Waals surface area contributed by atoms with Crippen LogP contribution >= 0.6 is 11.3 Å². The number of aromatic hydroxyl groups is 1.